The first-order chi connectivity index (χ1) is 8.04. The van der Waals surface area contributed by atoms with Gasteiger partial charge in [0, 0.05) is 26.3 Å². The van der Waals surface area contributed by atoms with Crippen molar-refractivity contribution in [1.29, 1.82) is 5.26 Å². The number of amides is 1. The molecule has 92 valence electrons. The third-order valence-corrected chi connectivity index (χ3v) is 2.29. The third-order valence-electron chi connectivity index (χ3n) is 2.29. The van der Waals surface area contributed by atoms with Crippen LogP contribution in [0.1, 0.15) is 30.8 Å². The number of hydrogen-bond acceptors (Lipinski definition) is 3. The van der Waals surface area contributed by atoms with Crippen LogP contribution in [0.15, 0.2) is 12.5 Å². The minimum absolute atomic E-state index is 0.102. The van der Waals surface area contributed by atoms with E-state index in [4.69, 9.17) is 5.26 Å². The molecule has 0 saturated heterocycles. The summed E-state index contributed by atoms with van der Waals surface area (Å²) in [6.45, 7) is 5.21. The van der Waals surface area contributed by atoms with Gasteiger partial charge in [-0.3, -0.25) is 4.79 Å². The number of hydrogen-bond donors (Lipinski definition) is 0. The maximum Gasteiger partial charge on any atom is 0.274 e. The number of aromatic nitrogens is 2. The van der Waals surface area contributed by atoms with Crippen molar-refractivity contribution < 1.29 is 4.79 Å². The predicted molar refractivity (Wildman–Crippen MR) is 64.2 cm³/mol. The van der Waals surface area contributed by atoms with E-state index in [0.29, 0.717) is 31.1 Å². The molecule has 0 N–H and O–H groups in total. The van der Waals surface area contributed by atoms with Crippen molar-refractivity contribution in [2.24, 2.45) is 13.0 Å². The van der Waals surface area contributed by atoms with E-state index in [0.717, 1.165) is 0 Å². The molecule has 1 aromatic rings. The lowest BCUT2D eigenvalue weighted by molar-refractivity contribution is 0.0734. The van der Waals surface area contributed by atoms with Gasteiger partial charge in [0.1, 0.15) is 5.69 Å². The van der Waals surface area contributed by atoms with Crippen LogP contribution in [0.2, 0.25) is 0 Å². The molecule has 0 spiro atoms. The predicted octanol–water partition coefficient (Wildman–Crippen LogP) is 1.43. The van der Waals surface area contributed by atoms with Crippen LogP contribution in [0.25, 0.3) is 0 Å². The second kappa shape index (κ2) is 6.04. The van der Waals surface area contributed by atoms with Crippen LogP contribution < -0.4 is 0 Å². The van der Waals surface area contributed by atoms with Crippen LogP contribution in [-0.4, -0.2) is 33.4 Å². The van der Waals surface area contributed by atoms with E-state index in [-0.39, 0.29) is 5.91 Å². The third kappa shape index (κ3) is 3.91. The minimum atomic E-state index is -0.102. The molecule has 1 heterocycles. The molecule has 0 aromatic carbocycles. The highest BCUT2D eigenvalue weighted by atomic mass is 16.2. The number of imidazole rings is 1. The number of aryl methyl sites for hydroxylation is 1. The van der Waals surface area contributed by atoms with Crippen LogP contribution in [0, 0.1) is 17.2 Å². The van der Waals surface area contributed by atoms with Crippen molar-refractivity contribution in [1.82, 2.24) is 14.5 Å². The highest BCUT2D eigenvalue weighted by Gasteiger charge is 2.18. The molecule has 0 atom stereocenters. The lowest BCUT2D eigenvalue weighted by Crippen LogP contribution is -2.35. The van der Waals surface area contributed by atoms with Gasteiger partial charge in [0.15, 0.2) is 0 Å². The molecule has 0 saturated carbocycles. The zero-order valence-corrected chi connectivity index (χ0v) is 10.6. The van der Waals surface area contributed by atoms with Crippen molar-refractivity contribution in [2.45, 2.75) is 20.3 Å². The second-order valence-corrected chi connectivity index (χ2v) is 4.48. The van der Waals surface area contributed by atoms with E-state index < -0.39 is 0 Å². The zero-order chi connectivity index (χ0) is 12.8. The van der Waals surface area contributed by atoms with E-state index >= 15 is 0 Å². The summed E-state index contributed by atoms with van der Waals surface area (Å²) in [5.41, 5.74) is 0.436. The lowest BCUT2D eigenvalue weighted by Gasteiger charge is -2.22. The number of rotatable bonds is 5. The summed E-state index contributed by atoms with van der Waals surface area (Å²) in [6, 6.07) is 2.06. The van der Waals surface area contributed by atoms with Crippen LogP contribution in [-0.2, 0) is 7.05 Å². The van der Waals surface area contributed by atoms with E-state index in [1.807, 2.05) is 20.9 Å². The molecule has 0 unspecified atom stereocenters. The number of carbonyl (C=O) groups is 1. The van der Waals surface area contributed by atoms with Gasteiger partial charge in [0.25, 0.3) is 5.91 Å². The molecular weight excluding hydrogens is 216 g/mol. The van der Waals surface area contributed by atoms with Crippen molar-refractivity contribution >= 4 is 5.91 Å². The number of nitrogens with zero attached hydrogens (tertiary/aromatic N) is 4. The maximum absolute atomic E-state index is 12.1. The molecule has 5 nitrogen and oxygen atoms in total. The largest absolute Gasteiger partial charge is 0.340 e. The molecule has 0 aliphatic rings. The Morgan fingerprint density at radius 3 is 2.82 bits per heavy atom. The van der Waals surface area contributed by atoms with Gasteiger partial charge in [-0.2, -0.15) is 5.26 Å². The molecule has 1 rings (SSSR count). The monoisotopic (exact) mass is 234 g/mol. The van der Waals surface area contributed by atoms with Crippen LogP contribution in [0.4, 0.5) is 0 Å². The smallest absolute Gasteiger partial charge is 0.274 e. The van der Waals surface area contributed by atoms with E-state index in [9.17, 15) is 4.79 Å². The summed E-state index contributed by atoms with van der Waals surface area (Å²) < 4.78 is 1.74. The quantitative estimate of drug-likeness (QED) is 0.774. The number of carbonyl (C=O) groups excluding carboxylic acids is 1. The maximum atomic E-state index is 12.1. The fourth-order valence-corrected chi connectivity index (χ4v) is 1.59. The summed E-state index contributed by atoms with van der Waals surface area (Å²) in [7, 11) is 1.83. The van der Waals surface area contributed by atoms with E-state index in [1.165, 1.54) is 0 Å². The summed E-state index contributed by atoms with van der Waals surface area (Å²) >= 11 is 0. The van der Waals surface area contributed by atoms with Gasteiger partial charge in [0.05, 0.1) is 18.8 Å². The minimum Gasteiger partial charge on any atom is -0.340 e. The molecular formula is C12H18N4O. The van der Waals surface area contributed by atoms with Crippen LogP contribution in [0.5, 0.6) is 0 Å². The Hall–Kier alpha value is -1.83. The van der Waals surface area contributed by atoms with Gasteiger partial charge >= 0.3 is 0 Å². The van der Waals surface area contributed by atoms with Crippen molar-refractivity contribution in [3.8, 4) is 6.07 Å². The molecule has 5 heteroatoms. The Bertz CT molecular complexity index is 416. The molecule has 0 aliphatic carbocycles. The fraction of sp³-hybridized carbons (Fsp3) is 0.583. The molecule has 0 radical (unpaired) electrons. The summed E-state index contributed by atoms with van der Waals surface area (Å²) in [5.74, 6) is 0.274. The molecule has 1 amide bonds. The molecule has 17 heavy (non-hydrogen) atoms. The summed E-state index contributed by atoms with van der Waals surface area (Å²) in [5, 5.41) is 8.60. The first kappa shape index (κ1) is 13.2. The van der Waals surface area contributed by atoms with E-state index in [1.54, 1.807) is 22.0 Å². The first-order valence-electron chi connectivity index (χ1n) is 5.68. The van der Waals surface area contributed by atoms with Gasteiger partial charge in [-0.05, 0) is 5.92 Å². The molecule has 0 bridgehead atoms. The SMILES string of the molecule is CC(C)CN(CCC#N)C(=O)c1cn(C)cn1. The fourth-order valence-electron chi connectivity index (χ4n) is 1.59. The first-order valence-corrected chi connectivity index (χ1v) is 5.68. The Labute approximate surface area is 102 Å². The Morgan fingerprint density at radius 2 is 2.35 bits per heavy atom. The summed E-state index contributed by atoms with van der Waals surface area (Å²) in [6.07, 6.45) is 3.65. The van der Waals surface area contributed by atoms with E-state index in [2.05, 4.69) is 11.1 Å². The van der Waals surface area contributed by atoms with Gasteiger partial charge < -0.3 is 9.47 Å². The lowest BCUT2D eigenvalue weighted by atomic mass is 10.2. The average Bonchev–Trinajstić information content (AvgIpc) is 2.69. The Balaban J connectivity index is 2.75. The van der Waals surface area contributed by atoms with Crippen molar-refractivity contribution in [3.63, 3.8) is 0 Å². The Kier molecular flexibility index (Phi) is 4.70. The topological polar surface area (TPSA) is 61.9 Å². The van der Waals surface area contributed by atoms with Crippen LogP contribution >= 0.6 is 0 Å². The zero-order valence-electron chi connectivity index (χ0n) is 10.6. The molecule has 0 fully saturated rings. The Morgan fingerprint density at radius 1 is 1.65 bits per heavy atom. The van der Waals surface area contributed by atoms with Gasteiger partial charge in [-0.15, -0.1) is 0 Å². The molecule has 0 aliphatic heterocycles. The van der Waals surface area contributed by atoms with Crippen LogP contribution in [0.3, 0.4) is 0 Å². The highest BCUT2D eigenvalue weighted by molar-refractivity contribution is 5.92. The molecule has 1 aromatic heterocycles. The highest BCUT2D eigenvalue weighted by Crippen LogP contribution is 2.06. The second-order valence-electron chi connectivity index (χ2n) is 4.48. The standard InChI is InChI=1S/C12H18N4O/c1-10(2)7-16(6-4-5-13)12(17)11-8-15(3)9-14-11/h8-10H,4,6-7H2,1-3H3. The van der Waals surface area contributed by atoms with Gasteiger partial charge in [-0.1, -0.05) is 13.8 Å². The van der Waals surface area contributed by atoms with Crippen molar-refractivity contribution in [3.05, 3.63) is 18.2 Å². The summed E-state index contributed by atoms with van der Waals surface area (Å²) in [4.78, 5) is 17.9. The van der Waals surface area contributed by atoms with Gasteiger partial charge in [-0.25, -0.2) is 4.98 Å². The van der Waals surface area contributed by atoms with Gasteiger partial charge in [0.2, 0.25) is 0 Å². The number of nitriles is 1. The average molecular weight is 234 g/mol. The normalized spacial score (nSPS) is 10.3. The van der Waals surface area contributed by atoms with Crippen molar-refractivity contribution in [2.75, 3.05) is 13.1 Å².